The molecular weight excluding hydrogens is 268 g/mol. The van der Waals surface area contributed by atoms with Gasteiger partial charge in [0.25, 0.3) is 0 Å². The topological polar surface area (TPSA) is 71.3 Å². The number of amides is 1. The maximum absolute atomic E-state index is 10.7. The van der Waals surface area contributed by atoms with Crippen molar-refractivity contribution < 1.29 is 14.7 Å². The van der Waals surface area contributed by atoms with Crippen LogP contribution in [0.4, 0.5) is 0 Å². The Labute approximate surface area is 123 Å². The Hall–Kier alpha value is -2.30. The second-order valence-corrected chi connectivity index (χ2v) is 5.27. The number of carbonyl (C=O) groups excluding carboxylic acids is 1. The van der Waals surface area contributed by atoms with Gasteiger partial charge in [0, 0.05) is 42.5 Å². The molecule has 21 heavy (non-hydrogen) atoms. The Kier molecular flexibility index (Phi) is 4.62. The number of rotatable bonds is 7. The molecule has 0 aliphatic carbocycles. The van der Waals surface area contributed by atoms with Crippen molar-refractivity contribution in [1.29, 1.82) is 0 Å². The lowest BCUT2D eigenvalue weighted by Gasteiger charge is -2.16. The minimum atomic E-state index is -0.846. The fourth-order valence-electron chi connectivity index (χ4n) is 2.80. The number of hydrogen-bond acceptors (Lipinski definition) is 2. The van der Waals surface area contributed by atoms with Crippen LogP contribution < -0.4 is 5.32 Å². The van der Waals surface area contributed by atoms with Crippen molar-refractivity contribution in [2.24, 2.45) is 7.05 Å². The van der Waals surface area contributed by atoms with Crippen molar-refractivity contribution in [3.63, 3.8) is 0 Å². The number of para-hydroxylation sites is 1. The molecule has 112 valence electrons. The first-order valence-corrected chi connectivity index (χ1v) is 6.99. The van der Waals surface area contributed by atoms with E-state index in [4.69, 9.17) is 5.11 Å². The van der Waals surface area contributed by atoms with E-state index in [0.717, 1.165) is 11.2 Å². The molecule has 0 saturated carbocycles. The maximum atomic E-state index is 10.7. The number of carboxylic acids is 1. The largest absolute Gasteiger partial charge is 0.481 e. The zero-order valence-corrected chi connectivity index (χ0v) is 12.3. The van der Waals surface area contributed by atoms with Crippen LogP contribution in [0.25, 0.3) is 10.9 Å². The average molecular weight is 288 g/mol. The summed E-state index contributed by atoms with van der Waals surface area (Å²) in [5, 5.41) is 12.7. The molecule has 2 aromatic rings. The highest BCUT2D eigenvalue weighted by atomic mass is 16.4. The highest BCUT2D eigenvalue weighted by molar-refractivity contribution is 5.85. The summed E-state index contributed by atoms with van der Waals surface area (Å²) in [5.41, 5.74) is 3.45. The molecule has 5 nitrogen and oxygen atoms in total. The third-order valence-corrected chi connectivity index (χ3v) is 3.96. The van der Waals surface area contributed by atoms with E-state index in [9.17, 15) is 9.59 Å². The van der Waals surface area contributed by atoms with Crippen molar-refractivity contribution in [3.8, 4) is 0 Å². The molecule has 0 aliphatic rings. The van der Waals surface area contributed by atoms with E-state index in [1.807, 2.05) is 19.2 Å². The highest BCUT2D eigenvalue weighted by Crippen LogP contribution is 2.25. The molecule has 0 fully saturated rings. The van der Waals surface area contributed by atoms with Gasteiger partial charge in [0.1, 0.15) is 0 Å². The number of carbonyl (C=O) groups is 2. The van der Waals surface area contributed by atoms with Gasteiger partial charge in [-0.15, -0.1) is 0 Å². The summed E-state index contributed by atoms with van der Waals surface area (Å²) in [7, 11) is 2.00. The van der Waals surface area contributed by atoms with Crippen molar-refractivity contribution in [3.05, 3.63) is 35.5 Å². The van der Waals surface area contributed by atoms with Gasteiger partial charge in [0.05, 0.1) is 0 Å². The number of carboxylic acid groups (broad SMARTS) is 1. The summed E-state index contributed by atoms with van der Waals surface area (Å²) >= 11 is 0. The molecule has 1 heterocycles. The van der Waals surface area contributed by atoms with Crippen LogP contribution in [0.1, 0.15) is 24.1 Å². The van der Waals surface area contributed by atoms with Gasteiger partial charge in [-0.2, -0.15) is 0 Å². The van der Waals surface area contributed by atoms with Gasteiger partial charge in [0.2, 0.25) is 6.41 Å². The predicted molar refractivity (Wildman–Crippen MR) is 81.2 cm³/mol. The van der Waals surface area contributed by atoms with Gasteiger partial charge in [-0.05, 0) is 25.0 Å². The predicted octanol–water partition coefficient (Wildman–Crippen LogP) is 2.01. The molecule has 2 rings (SSSR count). The SMILES string of the molecule is Cc1c(CC(CCC(=O)O)NC=O)n(C)c2ccccc12. The number of aliphatic carboxylic acids is 1. The number of aromatic nitrogens is 1. The molecule has 1 aromatic carbocycles. The standard InChI is InChI=1S/C16H20N2O3/c1-11-13-5-3-4-6-14(13)18(2)15(11)9-12(17-10-19)7-8-16(20)21/h3-6,10,12H,7-9H2,1-2H3,(H,17,19)(H,20,21). The van der Waals surface area contributed by atoms with Crippen molar-refractivity contribution in [1.82, 2.24) is 9.88 Å². The second-order valence-electron chi connectivity index (χ2n) is 5.27. The number of nitrogens with zero attached hydrogens (tertiary/aromatic N) is 1. The summed E-state index contributed by atoms with van der Waals surface area (Å²) in [6, 6.07) is 7.97. The molecule has 0 bridgehead atoms. The minimum absolute atomic E-state index is 0.0501. The lowest BCUT2D eigenvalue weighted by Crippen LogP contribution is -2.31. The normalized spacial score (nSPS) is 12.3. The first-order valence-electron chi connectivity index (χ1n) is 6.99. The molecule has 0 radical (unpaired) electrons. The van der Waals surface area contributed by atoms with Crippen LogP contribution >= 0.6 is 0 Å². The summed E-state index contributed by atoms with van der Waals surface area (Å²) < 4.78 is 2.12. The van der Waals surface area contributed by atoms with E-state index >= 15 is 0 Å². The molecule has 1 atom stereocenters. The molecule has 1 unspecified atom stereocenters. The van der Waals surface area contributed by atoms with E-state index in [0.29, 0.717) is 19.3 Å². The summed E-state index contributed by atoms with van der Waals surface area (Å²) in [4.78, 5) is 21.4. The van der Waals surface area contributed by atoms with Crippen LogP contribution in [0.3, 0.4) is 0 Å². The van der Waals surface area contributed by atoms with Crippen LogP contribution in [0.2, 0.25) is 0 Å². The third kappa shape index (κ3) is 3.24. The van der Waals surface area contributed by atoms with Crippen molar-refractivity contribution in [2.75, 3.05) is 0 Å². The number of hydrogen-bond donors (Lipinski definition) is 2. The molecule has 5 heteroatoms. The number of nitrogens with one attached hydrogen (secondary N) is 1. The number of aryl methyl sites for hydroxylation is 2. The zero-order valence-electron chi connectivity index (χ0n) is 12.3. The van der Waals surface area contributed by atoms with Crippen LogP contribution in [0.5, 0.6) is 0 Å². The molecule has 0 saturated heterocycles. The van der Waals surface area contributed by atoms with Gasteiger partial charge in [0.15, 0.2) is 0 Å². The van der Waals surface area contributed by atoms with E-state index in [1.54, 1.807) is 0 Å². The highest BCUT2D eigenvalue weighted by Gasteiger charge is 2.17. The van der Waals surface area contributed by atoms with E-state index in [1.165, 1.54) is 10.9 Å². The number of benzene rings is 1. The van der Waals surface area contributed by atoms with Crippen LogP contribution in [0, 0.1) is 6.92 Å². The fraction of sp³-hybridized carbons (Fsp3) is 0.375. The summed E-state index contributed by atoms with van der Waals surface area (Å²) in [5.74, 6) is -0.846. The third-order valence-electron chi connectivity index (χ3n) is 3.96. The summed E-state index contributed by atoms with van der Waals surface area (Å²) in [6.45, 7) is 2.06. The molecule has 2 N–H and O–H groups in total. The van der Waals surface area contributed by atoms with E-state index < -0.39 is 5.97 Å². The van der Waals surface area contributed by atoms with Crippen LogP contribution in [-0.4, -0.2) is 28.1 Å². The first-order chi connectivity index (χ1) is 10.0. The smallest absolute Gasteiger partial charge is 0.303 e. The average Bonchev–Trinajstić information content (AvgIpc) is 2.70. The Morgan fingerprint density at radius 1 is 1.43 bits per heavy atom. The van der Waals surface area contributed by atoms with Gasteiger partial charge >= 0.3 is 5.97 Å². The van der Waals surface area contributed by atoms with E-state index in [-0.39, 0.29) is 12.5 Å². The first kappa shape index (κ1) is 15.1. The lowest BCUT2D eigenvalue weighted by atomic mass is 10.0. The molecular formula is C16H20N2O3. The Morgan fingerprint density at radius 2 is 2.14 bits per heavy atom. The van der Waals surface area contributed by atoms with E-state index in [2.05, 4.69) is 28.9 Å². The fourth-order valence-corrected chi connectivity index (χ4v) is 2.80. The van der Waals surface area contributed by atoms with Crippen molar-refractivity contribution in [2.45, 2.75) is 32.2 Å². The lowest BCUT2D eigenvalue weighted by molar-refractivity contribution is -0.137. The maximum Gasteiger partial charge on any atom is 0.303 e. The molecule has 1 amide bonds. The second kappa shape index (κ2) is 6.43. The quantitative estimate of drug-likeness (QED) is 0.766. The molecule has 0 spiro atoms. The van der Waals surface area contributed by atoms with Crippen LogP contribution in [0.15, 0.2) is 24.3 Å². The van der Waals surface area contributed by atoms with Crippen molar-refractivity contribution >= 4 is 23.3 Å². The number of fused-ring (bicyclic) bond motifs is 1. The molecule has 0 aliphatic heterocycles. The Morgan fingerprint density at radius 3 is 2.76 bits per heavy atom. The zero-order chi connectivity index (χ0) is 15.4. The Bertz CT molecular complexity index is 622. The Balaban J connectivity index is 2.27. The van der Waals surface area contributed by atoms with Gasteiger partial charge in [-0.3, -0.25) is 9.59 Å². The summed E-state index contributed by atoms with van der Waals surface area (Å²) in [6.07, 6.45) is 1.75. The van der Waals surface area contributed by atoms with Crippen LogP contribution in [-0.2, 0) is 23.1 Å². The molecule has 1 aromatic heterocycles. The van der Waals surface area contributed by atoms with Gasteiger partial charge in [-0.25, -0.2) is 0 Å². The van der Waals surface area contributed by atoms with Gasteiger partial charge in [-0.1, -0.05) is 18.2 Å². The minimum Gasteiger partial charge on any atom is -0.481 e. The van der Waals surface area contributed by atoms with Gasteiger partial charge < -0.3 is 15.0 Å². The monoisotopic (exact) mass is 288 g/mol.